The summed E-state index contributed by atoms with van der Waals surface area (Å²) >= 11 is 0. The van der Waals surface area contributed by atoms with Crippen LogP contribution >= 0.6 is 0 Å². The molecular formula is C28H24FN5O3. The monoisotopic (exact) mass is 497 g/mol. The van der Waals surface area contributed by atoms with Crippen LogP contribution in [-0.4, -0.2) is 44.4 Å². The van der Waals surface area contributed by atoms with Crippen molar-refractivity contribution in [1.29, 1.82) is 0 Å². The Morgan fingerprint density at radius 2 is 1.73 bits per heavy atom. The number of Topliss-reactive ketones (excluding diaryl/α,β-unsaturated/α-hetero) is 1. The summed E-state index contributed by atoms with van der Waals surface area (Å²) in [4.78, 5) is 43.3. The first-order chi connectivity index (χ1) is 18.0. The van der Waals surface area contributed by atoms with Crippen molar-refractivity contribution >= 4 is 17.6 Å². The average Bonchev–Trinajstić information content (AvgIpc) is 3.60. The Hall–Kier alpha value is -4.66. The first-order valence-corrected chi connectivity index (χ1v) is 11.9. The van der Waals surface area contributed by atoms with Crippen LogP contribution in [0, 0.1) is 5.82 Å². The minimum absolute atomic E-state index is 0.0120. The van der Waals surface area contributed by atoms with E-state index in [2.05, 4.69) is 20.7 Å². The lowest BCUT2D eigenvalue weighted by molar-refractivity contribution is -0.139. The molecule has 1 aliphatic rings. The van der Waals surface area contributed by atoms with Crippen molar-refractivity contribution in [2.24, 2.45) is 0 Å². The van der Waals surface area contributed by atoms with Gasteiger partial charge in [0.1, 0.15) is 11.9 Å². The highest BCUT2D eigenvalue weighted by Crippen LogP contribution is 2.22. The molecule has 0 aliphatic heterocycles. The number of carbonyl (C=O) groups is 3. The third-order valence-corrected chi connectivity index (χ3v) is 6.03. The molecule has 5 rings (SSSR count). The molecule has 1 fully saturated rings. The molecule has 1 aliphatic carbocycles. The maximum atomic E-state index is 14.2. The van der Waals surface area contributed by atoms with Gasteiger partial charge in [0.15, 0.2) is 5.82 Å². The number of aromatic nitrogens is 3. The molecule has 2 aromatic carbocycles. The standard InChI is InChI=1S/C28H24FN5O3/c29-22-11-5-4-9-20(22)23-14-16-34(33-23)26-21(10-6-15-30-26)27(36)32-24(17-18-7-2-1-3-8-18)25(35)28(37)31-19-12-13-19/h1-11,14-16,19,24H,12-13,17H2,(H,31,37)(H,32,36)/t24-/m0/s1. The Labute approximate surface area is 212 Å². The number of pyridine rings is 1. The highest BCUT2D eigenvalue weighted by molar-refractivity contribution is 6.38. The van der Waals surface area contributed by atoms with Crippen molar-refractivity contribution < 1.29 is 18.8 Å². The molecule has 2 N–H and O–H groups in total. The van der Waals surface area contributed by atoms with Crippen molar-refractivity contribution in [1.82, 2.24) is 25.4 Å². The zero-order valence-electron chi connectivity index (χ0n) is 19.8. The van der Waals surface area contributed by atoms with Gasteiger partial charge in [0.25, 0.3) is 11.8 Å². The molecule has 8 nitrogen and oxygen atoms in total. The maximum Gasteiger partial charge on any atom is 0.289 e. The molecule has 0 spiro atoms. The molecule has 0 unspecified atom stereocenters. The van der Waals surface area contributed by atoms with Crippen LogP contribution in [0.1, 0.15) is 28.8 Å². The van der Waals surface area contributed by atoms with Crippen molar-refractivity contribution in [3.05, 3.63) is 102 Å². The number of amides is 2. The van der Waals surface area contributed by atoms with Crippen LogP contribution in [0.5, 0.6) is 0 Å². The lowest BCUT2D eigenvalue weighted by Crippen LogP contribution is -2.49. The summed E-state index contributed by atoms with van der Waals surface area (Å²) in [5, 5.41) is 9.83. The van der Waals surface area contributed by atoms with Crippen LogP contribution in [0.15, 0.2) is 85.2 Å². The number of ketones is 1. The number of carbonyl (C=O) groups excluding carboxylic acids is 3. The van der Waals surface area contributed by atoms with E-state index in [0.717, 1.165) is 18.4 Å². The maximum absolute atomic E-state index is 14.2. The number of hydrogen-bond donors (Lipinski definition) is 2. The molecule has 0 radical (unpaired) electrons. The van der Waals surface area contributed by atoms with Gasteiger partial charge in [0.2, 0.25) is 5.78 Å². The molecule has 2 heterocycles. The predicted octanol–water partition coefficient (Wildman–Crippen LogP) is 3.26. The largest absolute Gasteiger partial charge is 0.347 e. The lowest BCUT2D eigenvalue weighted by Gasteiger charge is -2.18. The summed E-state index contributed by atoms with van der Waals surface area (Å²) < 4.78 is 15.6. The molecule has 2 amide bonds. The average molecular weight is 498 g/mol. The SMILES string of the molecule is O=C(NC1CC1)C(=O)[C@H](Cc1ccccc1)NC(=O)c1cccnc1-n1ccc(-c2ccccc2F)n1. The van der Waals surface area contributed by atoms with E-state index in [1.54, 1.807) is 42.6 Å². The van der Waals surface area contributed by atoms with Crippen LogP contribution in [0.4, 0.5) is 4.39 Å². The fourth-order valence-corrected chi connectivity index (χ4v) is 3.95. The van der Waals surface area contributed by atoms with E-state index in [0.29, 0.717) is 11.3 Å². The van der Waals surface area contributed by atoms with E-state index >= 15 is 0 Å². The van der Waals surface area contributed by atoms with Crippen LogP contribution in [0.3, 0.4) is 0 Å². The second-order valence-electron chi connectivity index (χ2n) is 8.83. The van der Waals surface area contributed by atoms with Crippen LogP contribution in [-0.2, 0) is 16.0 Å². The molecular weight excluding hydrogens is 473 g/mol. The number of halogens is 1. The molecule has 0 saturated heterocycles. The van der Waals surface area contributed by atoms with Gasteiger partial charge in [-0.2, -0.15) is 5.10 Å². The third kappa shape index (κ3) is 5.61. The van der Waals surface area contributed by atoms with E-state index in [1.165, 1.54) is 16.9 Å². The molecule has 0 bridgehead atoms. The first kappa shape index (κ1) is 24.1. The Kier molecular flexibility index (Phi) is 6.85. The van der Waals surface area contributed by atoms with Gasteiger partial charge in [-0.1, -0.05) is 42.5 Å². The van der Waals surface area contributed by atoms with Crippen molar-refractivity contribution in [2.75, 3.05) is 0 Å². The van der Waals surface area contributed by atoms with Gasteiger partial charge in [0.05, 0.1) is 11.3 Å². The van der Waals surface area contributed by atoms with Gasteiger partial charge in [-0.15, -0.1) is 0 Å². The second-order valence-corrected chi connectivity index (χ2v) is 8.83. The normalized spacial score (nSPS) is 13.5. The number of hydrogen-bond acceptors (Lipinski definition) is 5. The summed E-state index contributed by atoms with van der Waals surface area (Å²) in [6, 6.07) is 19.1. The summed E-state index contributed by atoms with van der Waals surface area (Å²) in [5.41, 5.74) is 1.65. The summed E-state index contributed by atoms with van der Waals surface area (Å²) in [6.07, 6.45) is 4.92. The Bertz CT molecular complexity index is 1450. The topological polar surface area (TPSA) is 106 Å². The Morgan fingerprint density at radius 1 is 0.973 bits per heavy atom. The Morgan fingerprint density at radius 3 is 2.49 bits per heavy atom. The van der Waals surface area contributed by atoms with Gasteiger partial charge >= 0.3 is 0 Å². The Balaban J connectivity index is 1.41. The fourth-order valence-electron chi connectivity index (χ4n) is 3.95. The quantitative estimate of drug-likeness (QED) is 0.345. The summed E-state index contributed by atoms with van der Waals surface area (Å²) in [6.45, 7) is 0. The molecule has 9 heteroatoms. The second kappa shape index (κ2) is 10.5. The minimum Gasteiger partial charge on any atom is -0.347 e. The first-order valence-electron chi connectivity index (χ1n) is 11.9. The number of rotatable bonds is 9. The zero-order chi connectivity index (χ0) is 25.8. The number of nitrogens with one attached hydrogen (secondary N) is 2. The summed E-state index contributed by atoms with van der Waals surface area (Å²) in [7, 11) is 0. The molecule has 1 atom stereocenters. The van der Waals surface area contributed by atoms with Crippen LogP contribution in [0.25, 0.3) is 17.1 Å². The van der Waals surface area contributed by atoms with Crippen molar-refractivity contribution in [3.63, 3.8) is 0 Å². The van der Waals surface area contributed by atoms with E-state index in [-0.39, 0.29) is 23.8 Å². The number of nitrogens with zero attached hydrogens (tertiary/aromatic N) is 3. The predicted molar refractivity (Wildman–Crippen MR) is 134 cm³/mol. The lowest BCUT2D eigenvalue weighted by atomic mass is 10.0. The van der Waals surface area contributed by atoms with Gasteiger partial charge in [0, 0.05) is 30.4 Å². The van der Waals surface area contributed by atoms with Crippen molar-refractivity contribution in [3.8, 4) is 17.1 Å². The number of benzene rings is 2. The van der Waals surface area contributed by atoms with Crippen molar-refractivity contribution in [2.45, 2.75) is 31.3 Å². The van der Waals surface area contributed by atoms with Gasteiger partial charge < -0.3 is 10.6 Å². The molecule has 186 valence electrons. The van der Waals surface area contributed by atoms with E-state index in [4.69, 9.17) is 0 Å². The minimum atomic E-state index is -1.08. The van der Waals surface area contributed by atoms with Gasteiger partial charge in [-0.05, 0) is 48.7 Å². The van der Waals surface area contributed by atoms with E-state index in [1.807, 2.05) is 30.3 Å². The van der Waals surface area contributed by atoms with Gasteiger partial charge in [-0.3, -0.25) is 14.4 Å². The van der Waals surface area contributed by atoms with Gasteiger partial charge in [-0.25, -0.2) is 14.1 Å². The van der Waals surface area contributed by atoms with Crippen LogP contribution in [0.2, 0.25) is 0 Å². The highest BCUT2D eigenvalue weighted by atomic mass is 19.1. The zero-order valence-corrected chi connectivity index (χ0v) is 19.8. The van der Waals surface area contributed by atoms with E-state index < -0.39 is 29.5 Å². The third-order valence-electron chi connectivity index (χ3n) is 6.03. The molecule has 4 aromatic rings. The fraction of sp³-hybridized carbons (Fsp3) is 0.179. The molecule has 1 saturated carbocycles. The molecule has 2 aromatic heterocycles. The van der Waals surface area contributed by atoms with Crippen LogP contribution < -0.4 is 10.6 Å². The smallest absolute Gasteiger partial charge is 0.289 e. The van der Waals surface area contributed by atoms with E-state index in [9.17, 15) is 18.8 Å². The highest BCUT2D eigenvalue weighted by Gasteiger charge is 2.32. The summed E-state index contributed by atoms with van der Waals surface area (Å²) in [5.74, 6) is -2.22. The molecule has 37 heavy (non-hydrogen) atoms.